The van der Waals surface area contributed by atoms with Gasteiger partial charge in [-0.3, -0.25) is 4.79 Å². The van der Waals surface area contributed by atoms with Crippen LogP contribution in [-0.2, 0) is 21.1 Å². The van der Waals surface area contributed by atoms with Crippen LogP contribution in [-0.4, -0.2) is 26.0 Å². The largest absolute Gasteiger partial charge is 0.374 e. The Kier molecular flexibility index (Phi) is 4.39. The van der Waals surface area contributed by atoms with E-state index in [4.69, 9.17) is 11.5 Å². The smallest absolute Gasteiger partial charge is 0.234 e. The fraction of sp³-hybridized carbons (Fsp3) is 0.231. The highest BCUT2D eigenvalue weighted by atomic mass is 32.2. The van der Waals surface area contributed by atoms with Crippen LogP contribution in [0.1, 0.15) is 12.0 Å². The number of amidine groups is 1. The molecule has 5 N–H and O–H groups in total. The predicted molar refractivity (Wildman–Crippen MR) is 81.1 cm³/mol. The van der Waals surface area contributed by atoms with Gasteiger partial charge in [0.1, 0.15) is 0 Å². The number of hydrogen-bond donors (Lipinski definition) is 3. The summed E-state index contributed by atoms with van der Waals surface area (Å²) in [6.07, 6.45) is 0.622. The van der Waals surface area contributed by atoms with Crippen LogP contribution in [0.3, 0.4) is 0 Å². The summed E-state index contributed by atoms with van der Waals surface area (Å²) in [5.74, 6) is -0.360. The zero-order valence-electron chi connectivity index (χ0n) is 11.2. The van der Waals surface area contributed by atoms with Gasteiger partial charge < -0.3 is 16.8 Å². The summed E-state index contributed by atoms with van der Waals surface area (Å²) in [6, 6.07) is 7.27. The minimum Gasteiger partial charge on any atom is -0.374 e. The van der Waals surface area contributed by atoms with Gasteiger partial charge in [-0.25, -0.2) is 13.4 Å². The first-order chi connectivity index (χ1) is 9.90. The summed E-state index contributed by atoms with van der Waals surface area (Å²) >= 11 is 0. The summed E-state index contributed by atoms with van der Waals surface area (Å²) in [4.78, 5) is 15.5. The number of amides is 1. The molecule has 8 heteroatoms. The molecule has 0 fully saturated rings. The number of nitrogens with one attached hydrogen (secondary N) is 1. The van der Waals surface area contributed by atoms with Gasteiger partial charge in [-0.05, 0) is 30.7 Å². The van der Waals surface area contributed by atoms with Gasteiger partial charge in [-0.1, -0.05) is 12.1 Å². The highest BCUT2D eigenvalue weighted by Crippen LogP contribution is 2.17. The van der Waals surface area contributed by atoms with Crippen molar-refractivity contribution in [2.24, 2.45) is 16.5 Å². The van der Waals surface area contributed by atoms with Gasteiger partial charge in [0.15, 0.2) is 0 Å². The molecule has 1 aromatic rings. The molecule has 7 nitrogen and oxygen atoms in total. The third-order valence-corrected chi connectivity index (χ3v) is 4.11. The molecule has 112 valence electrons. The SMILES string of the molecule is NCCc1ccc(NC(=O)CC2=CS(=O)(=O)C(N)=N2)cc1. The van der Waals surface area contributed by atoms with E-state index in [2.05, 4.69) is 10.3 Å². The Hall–Kier alpha value is -2.19. The molecular formula is C13H16N4O3S. The summed E-state index contributed by atoms with van der Waals surface area (Å²) in [6.45, 7) is 0.563. The molecule has 0 atom stereocenters. The fourth-order valence-corrected chi connectivity index (χ4v) is 2.70. The zero-order valence-corrected chi connectivity index (χ0v) is 12.1. The van der Waals surface area contributed by atoms with Crippen molar-refractivity contribution in [3.05, 3.63) is 40.9 Å². The van der Waals surface area contributed by atoms with E-state index < -0.39 is 15.0 Å². The van der Waals surface area contributed by atoms with Crippen molar-refractivity contribution in [3.8, 4) is 0 Å². The van der Waals surface area contributed by atoms with Crippen molar-refractivity contribution in [1.29, 1.82) is 0 Å². The van der Waals surface area contributed by atoms with Crippen LogP contribution in [0.4, 0.5) is 5.69 Å². The van der Waals surface area contributed by atoms with E-state index in [9.17, 15) is 13.2 Å². The molecule has 1 aromatic carbocycles. The average molecular weight is 308 g/mol. The molecule has 0 unspecified atom stereocenters. The van der Waals surface area contributed by atoms with Crippen LogP contribution < -0.4 is 16.8 Å². The highest BCUT2D eigenvalue weighted by molar-refractivity contribution is 8.09. The molecule has 1 aliphatic heterocycles. The van der Waals surface area contributed by atoms with Gasteiger partial charge in [0.05, 0.1) is 17.5 Å². The van der Waals surface area contributed by atoms with E-state index in [1.807, 2.05) is 12.1 Å². The number of aliphatic imine (C=N–C) groups is 1. The van der Waals surface area contributed by atoms with Crippen molar-refractivity contribution in [2.45, 2.75) is 12.8 Å². The number of nitrogens with zero attached hydrogens (tertiary/aromatic N) is 1. The molecular weight excluding hydrogens is 292 g/mol. The lowest BCUT2D eigenvalue weighted by molar-refractivity contribution is -0.115. The minimum absolute atomic E-state index is 0.129. The maximum atomic E-state index is 11.8. The molecule has 0 radical (unpaired) electrons. The summed E-state index contributed by atoms with van der Waals surface area (Å²) in [5.41, 5.74) is 12.5. The van der Waals surface area contributed by atoms with Crippen LogP contribution in [0.15, 0.2) is 40.4 Å². The third-order valence-electron chi connectivity index (χ3n) is 2.85. The van der Waals surface area contributed by atoms with E-state index >= 15 is 0 Å². The minimum atomic E-state index is -3.63. The van der Waals surface area contributed by atoms with Gasteiger partial charge in [0, 0.05) is 5.69 Å². The van der Waals surface area contributed by atoms with E-state index in [0.29, 0.717) is 12.2 Å². The molecule has 0 saturated heterocycles. The summed E-state index contributed by atoms with van der Waals surface area (Å²) in [5, 5.41) is 3.10. The van der Waals surface area contributed by atoms with E-state index in [-0.39, 0.29) is 18.0 Å². The number of rotatable bonds is 5. The van der Waals surface area contributed by atoms with Crippen molar-refractivity contribution in [1.82, 2.24) is 0 Å². The second-order valence-corrected chi connectivity index (χ2v) is 6.31. The lowest BCUT2D eigenvalue weighted by atomic mass is 10.1. The Balaban J connectivity index is 1.97. The van der Waals surface area contributed by atoms with E-state index in [0.717, 1.165) is 17.4 Å². The van der Waals surface area contributed by atoms with Gasteiger partial charge in [0.25, 0.3) is 0 Å². The molecule has 1 amide bonds. The molecule has 21 heavy (non-hydrogen) atoms. The molecule has 0 bridgehead atoms. The van der Waals surface area contributed by atoms with E-state index in [1.165, 1.54) is 0 Å². The molecule has 0 spiro atoms. The Morgan fingerprint density at radius 2 is 1.90 bits per heavy atom. The van der Waals surface area contributed by atoms with Gasteiger partial charge >= 0.3 is 0 Å². The van der Waals surface area contributed by atoms with Crippen LogP contribution in [0.25, 0.3) is 0 Å². The number of sulfone groups is 1. The van der Waals surface area contributed by atoms with Crippen LogP contribution in [0.5, 0.6) is 0 Å². The second kappa shape index (κ2) is 6.06. The van der Waals surface area contributed by atoms with Crippen LogP contribution in [0.2, 0.25) is 0 Å². The first-order valence-corrected chi connectivity index (χ1v) is 7.84. The Bertz CT molecular complexity index is 705. The van der Waals surface area contributed by atoms with E-state index in [1.54, 1.807) is 12.1 Å². The number of hydrogen-bond acceptors (Lipinski definition) is 6. The monoisotopic (exact) mass is 308 g/mol. The number of carbonyl (C=O) groups excluding carboxylic acids is 1. The zero-order chi connectivity index (χ0) is 15.5. The Labute approximate surface area is 122 Å². The van der Waals surface area contributed by atoms with Crippen molar-refractivity contribution in [2.75, 3.05) is 11.9 Å². The molecule has 0 aliphatic carbocycles. The highest BCUT2D eigenvalue weighted by Gasteiger charge is 2.23. The standard InChI is InChI=1S/C13H16N4O3S/c14-6-5-9-1-3-10(4-2-9)16-12(18)7-11-8-21(19,20)13(15)17-11/h1-4,8H,5-7,14H2,(H2,15,17)(H,16,18). The number of carbonyl (C=O) groups is 1. The predicted octanol–water partition coefficient (Wildman–Crippen LogP) is 0.101. The lowest BCUT2D eigenvalue weighted by Gasteiger charge is -2.05. The second-order valence-electron chi connectivity index (χ2n) is 4.56. The molecule has 2 rings (SSSR count). The molecule has 0 saturated carbocycles. The lowest BCUT2D eigenvalue weighted by Crippen LogP contribution is -2.18. The summed E-state index contributed by atoms with van der Waals surface area (Å²) < 4.78 is 22.7. The number of nitrogens with two attached hydrogens (primary N) is 2. The van der Waals surface area contributed by atoms with Crippen LogP contribution in [0, 0.1) is 0 Å². The third kappa shape index (κ3) is 3.89. The topological polar surface area (TPSA) is 128 Å². The average Bonchev–Trinajstić information content (AvgIpc) is 2.65. The van der Waals surface area contributed by atoms with Gasteiger partial charge in [0.2, 0.25) is 20.9 Å². The van der Waals surface area contributed by atoms with Crippen molar-refractivity contribution in [3.63, 3.8) is 0 Å². The van der Waals surface area contributed by atoms with Gasteiger partial charge in [-0.15, -0.1) is 0 Å². The number of benzene rings is 1. The maximum Gasteiger partial charge on any atom is 0.234 e. The Morgan fingerprint density at radius 1 is 1.24 bits per heavy atom. The van der Waals surface area contributed by atoms with Gasteiger partial charge in [-0.2, -0.15) is 0 Å². The Morgan fingerprint density at radius 3 is 2.43 bits per heavy atom. The molecule has 1 heterocycles. The summed E-state index contributed by atoms with van der Waals surface area (Å²) in [7, 11) is -3.63. The first kappa shape index (κ1) is 15.2. The first-order valence-electron chi connectivity index (χ1n) is 6.29. The normalized spacial score (nSPS) is 16.2. The van der Waals surface area contributed by atoms with Crippen molar-refractivity contribution >= 4 is 26.6 Å². The van der Waals surface area contributed by atoms with Crippen LogP contribution >= 0.6 is 0 Å². The quantitative estimate of drug-likeness (QED) is 0.711. The number of anilines is 1. The molecule has 1 aliphatic rings. The molecule has 0 aromatic heterocycles. The van der Waals surface area contributed by atoms with Crippen molar-refractivity contribution < 1.29 is 13.2 Å². The maximum absolute atomic E-state index is 11.8. The fourth-order valence-electron chi connectivity index (χ4n) is 1.84.